The quantitative estimate of drug-likeness (QED) is 0.807. The van der Waals surface area contributed by atoms with Gasteiger partial charge in [-0.05, 0) is 34.6 Å². The van der Waals surface area contributed by atoms with E-state index in [2.05, 4.69) is 14.8 Å². The van der Waals surface area contributed by atoms with Gasteiger partial charge in [-0.15, -0.1) is 0 Å². The molecule has 1 aliphatic heterocycles. The molecule has 0 radical (unpaired) electrons. The van der Waals surface area contributed by atoms with Crippen molar-refractivity contribution < 1.29 is 22.8 Å². The summed E-state index contributed by atoms with van der Waals surface area (Å²) in [6, 6.07) is 1.38. The molecule has 0 atom stereocenters. The SMILES string of the molecule is Cc1cn2nc(B3OC(C)(C)C(C)(C)O3)cc(OC(F)F)c2n1. The van der Waals surface area contributed by atoms with Crippen LogP contribution in [-0.4, -0.2) is 39.5 Å². The van der Waals surface area contributed by atoms with E-state index in [0.29, 0.717) is 11.3 Å². The molecule has 0 bridgehead atoms. The Bertz CT molecular complexity index is 732. The molecule has 0 amide bonds. The maximum atomic E-state index is 12.7. The number of nitrogens with zero attached hydrogens (tertiary/aromatic N) is 3. The van der Waals surface area contributed by atoms with Crippen LogP contribution in [0.2, 0.25) is 0 Å². The summed E-state index contributed by atoms with van der Waals surface area (Å²) >= 11 is 0. The topological polar surface area (TPSA) is 57.9 Å². The first-order chi connectivity index (χ1) is 10.6. The third-order valence-corrected chi connectivity index (χ3v) is 4.24. The van der Waals surface area contributed by atoms with Gasteiger partial charge in [0.1, 0.15) is 0 Å². The molecule has 6 nitrogen and oxygen atoms in total. The number of ether oxygens (including phenoxy) is 1. The fourth-order valence-electron chi connectivity index (χ4n) is 2.34. The number of fused-ring (bicyclic) bond motifs is 1. The molecular formula is C14H18BF2N3O3. The summed E-state index contributed by atoms with van der Waals surface area (Å²) in [5.41, 5.74) is 0.112. The summed E-state index contributed by atoms with van der Waals surface area (Å²) in [5.74, 6) is -0.0622. The predicted octanol–water partition coefficient (Wildman–Crippen LogP) is 1.94. The lowest BCUT2D eigenvalue weighted by molar-refractivity contribution is -0.0491. The Labute approximate surface area is 132 Å². The van der Waals surface area contributed by atoms with E-state index < -0.39 is 24.9 Å². The molecule has 9 heteroatoms. The lowest BCUT2D eigenvalue weighted by Gasteiger charge is -2.32. The largest absolute Gasteiger partial charge is 0.516 e. The average Bonchev–Trinajstić information content (AvgIpc) is 2.86. The predicted molar refractivity (Wildman–Crippen MR) is 80.1 cm³/mol. The summed E-state index contributed by atoms with van der Waals surface area (Å²) in [4.78, 5) is 4.15. The summed E-state index contributed by atoms with van der Waals surface area (Å²) < 4.78 is 43.1. The number of imidazole rings is 1. The number of aromatic nitrogens is 3. The standard InChI is InChI=1S/C14H18BF2N3O3/c1-8-7-20-11(18-8)9(21-12(16)17)6-10(19-20)15-22-13(2,3)14(4,5)23-15/h6-7,12H,1-5H3. The minimum atomic E-state index is -2.95. The van der Waals surface area contributed by atoms with Crippen LogP contribution in [0.5, 0.6) is 5.75 Å². The Morgan fingerprint density at radius 2 is 1.83 bits per heavy atom. The lowest BCUT2D eigenvalue weighted by Crippen LogP contribution is -2.41. The smallest absolute Gasteiger partial charge is 0.431 e. The van der Waals surface area contributed by atoms with Gasteiger partial charge in [0.2, 0.25) is 0 Å². The van der Waals surface area contributed by atoms with Crippen molar-refractivity contribution in [2.24, 2.45) is 0 Å². The van der Waals surface area contributed by atoms with Crippen molar-refractivity contribution >= 4 is 18.4 Å². The molecule has 23 heavy (non-hydrogen) atoms. The van der Waals surface area contributed by atoms with Crippen LogP contribution in [0.25, 0.3) is 5.65 Å². The molecule has 1 aliphatic rings. The summed E-state index contributed by atoms with van der Waals surface area (Å²) in [6.45, 7) is 6.42. The lowest BCUT2D eigenvalue weighted by atomic mass is 9.84. The zero-order valence-electron chi connectivity index (χ0n) is 13.6. The van der Waals surface area contributed by atoms with Gasteiger partial charge >= 0.3 is 13.7 Å². The molecule has 3 rings (SSSR count). The van der Waals surface area contributed by atoms with Crippen molar-refractivity contribution in [1.82, 2.24) is 14.6 Å². The van der Waals surface area contributed by atoms with Crippen molar-refractivity contribution in [2.45, 2.75) is 52.4 Å². The normalized spacial score (nSPS) is 19.7. The van der Waals surface area contributed by atoms with E-state index in [1.807, 2.05) is 27.7 Å². The number of hydrogen-bond donors (Lipinski definition) is 0. The molecule has 0 aliphatic carbocycles. The van der Waals surface area contributed by atoms with Gasteiger partial charge in [-0.25, -0.2) is 9.50 Å². The zero-order chi connectivity index (χ0) is 17.0. The van der Waals surface area contributed by atoms with Crippen LogP contribution >= 0.6 is 0 Å². The van der Waals surface area contributed by atoms with Crippen molar-refractivity contribution in [1.29, 1.82) is 0 Å². The molecule has 0 aromatic carbocycles. The average molecular weight is 325 g/mol. The molecular weight excluding hydrogens is 307 g/mol. The van der Waals surface area contributed by atoms with Gasteiger partial charge in [0.25, 0.3) is 0 Å². The Hall–Kier alpha value is -1.74. The van der Waals surface area contributed by atoms with Gasteiger partial charge < -0.3 is 14.0 Å². The fraction of sp³-hybridized carbons (Fsp3) is 0.571. The second-order valence-electron chi connectivity index (χ2n) is 6.55. The van der Waals surface area contributed by atoms with Gasteiger partial charge in [-0.3, -0.25) is 0 Å². The first-order valence-electron chi connectivity index (χ1n) is 7.26. The molecule has 0 saturated carbocycles. The maximum Gasteiger partial charge on any atom is 0.516 e. The Morgan fingerprint density at radius 1 is 1.22 bits per heavy atom. The van der Waals surface area contributed by atoms with Crippen LogP contribution in [0.1, 0.15) is 33.4 Å². The zero-order valence-corrected chi connectivity index (χ0v) is 13.6. The van der Waals surface area contributed by atoms with Crippen molar-refractivity contribution in [2.75, 3.05) is 0 Å². The first kappa shape index (κ1) is 16.1. The highest BCUT2D eigenvalue weighted by Crippen LogP contribution is 2.36. The Morgan fingerprint density at radius 3 is 2.39 bits per heavy atom. The molecule has 0 N–H and O–H groups in total. The summed E-state index contributed by atoms with van der Waals surface area (Å²) in [7, 11) is -0.771. The summed E-state index contributed by atoms with van der Waals surface area (Å²) in [5, 5.41) is 4.36. The minimum absolute atomic E-state index is 0.0622. The van der Waals surface area contributed by atoms with Gasteiger partial charge in [0, 0.05) is 6.07 Å². The number of rotatable bonds is 3. The number of aryl methyl sites for hydroxylation is 1. The monoisotopic (exact) mass is 325 g/mol. The highest BCUT2D eigenvalue weighted by atomic mass is 19.3. The first-order valence-corrected chi connectivity index (χ1v) is 7.26. The minimum Gasteiger partial charge on any atom is -0.431 e. The van der Waals surface area contributed by atoms with Gasteiger partial charge in [0.15, 0.2) is 11.4 Å². The third-order valence-electron chi connectivity index (χ3n) is 4.24. The molecule has 124 valence electrons. The highest BCUT2D eigenvalue weighted by molar-refractivity contribution is 6.61. The second kappa shape index (κ2) is 5.14. The van der Waals surface area contributed by atoms with Gasteiger partial charge in [-0.1, -0.05) is 0 Å². The molecule has 2 aromatic heterocycles. The van der Waals surface area contributed by atoms with Crippen LogP contribution in [0.4, 0.5) is 8.78 Å². The molecule has 2 aromatic rings. The van der Waals surface area contributed by atoms with Crippen LogP contribution in [-0.2, 0) is 9.31 Å². The van der Waals surface area contributed by atoms with Crippen LogP contribution in [0.15, 0.2) is 12.3 Å². The Balaban J connectivity index is 2.05. The maximum absolute atomic E-state index is 12.7. The van der Waals surface area contributed by atoms with E-state index >= 15 is 0 Å². The molecule has 0 unspecified atom stereocenters. The summed E-state index contributed by atoms with van der Waals surface area (Å²) in [6.07, 6.45) is 1.63. The van der Waals surface area contributed by atoms with Crippen LogP contribution in [0, 0.1) is 6.92 Å². The number of alkyl halides is 2. The number of hydrogen-bond acceptors (Lipinski definition) is 5. The van der Waals surface area contributed by atoms with Crippen LogP contribution in [0.3, 0.4) is 0 Å². The van der Waals surface area contributed by atoms with E-state index in [0.717, 1.165) is 0 Å². The van der Waals surface area contributed by atoms with E-state index in [-0.39, 0.29) is 11.4 Å². The highest BCUT2D eigenvalue weighted by Gasteiger charge is 2.52. The molecule has 3 heterocycles. The van der Waals surface area contributed by atoms with E-state index in [4.69, 9.17) is 9.31 Å². The fourth-order valence-corrected chi connectivity index (χ4v) is 2.34. The number of halogens is 2. The van der Waals surface area contributed by atoms with E-state index in [1.54, 1.807) is 13.1 Å². The van der Waals surface area contributed by atoms with Crippen molar-refractivity contribution in [3.05, 3.63) is 18.0 Å². The van der Waals surface area contributed by atoms with Gasteiger partial charge in [-0.2, -0.15) is 13.9 Å². The molecule has 1 saturated heterocycles. The second-order valence-corrected chi connectivity index (χ2v) is 6.55. The van der Waals surface area contributed by atoms with Crippen molar-refractivity contribution in [3.63, 3.8) is 0 Å². The van der Waals surface area contributed by atoms with Gasteiger partial charge in [0.05, 0.1) is 28.7 Å². The molecule has 1 fully saturated rings. The van der Waals surface area contributed by atoms with Crippen molar-refractivity contribution in [3.8, 4) is 5.75 Å². The van der Waals surface area contributed by atoms with E-state index in [9.17, 15) is 8.78 Å². The van der Waals surface area contributed by atoms with Crippen LogP contribution < -0.4 is 10.3 Å². The van der Waals surface area contributed by atoms with E-state index in [1.165, 1.54) is 10.6 Å². The Kier molecular flexibility index (Phi) is 3.60. The third kappa shape index (κ3) is 2.79. The molecule has 0 spiro atoms.